The minimum absolute atomic E-state index is 0.210. The number of hydrogen-bond donors (Lipinski definition) is 1. The summed E-state index contributed by atoms with van der Waals surface area (Å²) in [4.78, 5) is 9.61. The fraction of sp³-hybridized carbons (Fsp3) is 0.765. The molecule has 2 aliphatic carbocycles. The number of aryl methyl sites for hydroxylation is 2. The van der Waals surface area contributed by atoms with Crippen molar-refractivity contribution < 1.29 is 0 Å². The van der Waals surface area contributed by atoms with Gasteiger partial charge in [0, 0.05) is 22.8 Å². The van der Waals surface area contributed by atoms with Gasteiger partial charge >= 0.3 is 0 Å². The van der Waals surface area contributed by atoms with Gasteiger partial charge in [0.05, 0.1) is 0 Å². The average Bonchev–Trinajstić information content (AvgIpc) is 3.20. The van der Waals surface area contributed by atoms with E-state index in [9.17, 15) is 0 Å². The molecule has 3 rings (SSSR count). The fourth-order valence-electron chi connectivity index (χ4n) is 3.03. The first-order chi connectivity index (χ1) is 9.42. The fourth-order valence-corrected chi connectivity index (χ4v) is 3.03. The molecule has 20 heavy (non-hydrogen) atoms. The number of nitrogens with one attached hydrogen (secondary N) is 1. The van der Waals surface area contributed by atoms with Gasteiger partial charge in [-0.1, -0.05) is 0 Å². The van der Waals surface area contributed by atoms with Gasteiger partial charge in [-0.3, -0.25) is 0 Å². The molecule has 1 aromatic heterocycles. The van der Waals surface area contributed by atoms with Gasteiger partial charge in [0.1, 0.15) is 5.82 Å². The number of fused-ring (bicyclic) bond motifs is 1. The van der Waals surface area contributed by atoms with E-state index in [1.54, 1.807) is 0 Å². The molecule has 0 spiro atoms. The normalized spacial score (nSPS) is 22.7. The van der Waals surface area contributed by atoms with Crippen LogP contribution < -0.4 is 5.32 Å². The van der Waals surface area contributed by atoms with Crippen molar-refractivity contribution >= 4 is 0 Å². The van der Waals surface area contributed by atoms with E-state index < -0.39 is 0 Å². The van der Waals surface area contributed by atoms with Crippen LogP contribution in [0.5, 0.6) is 0 Å². The molecule has 0 radical (unpaired) electrons. The third-order valence-corrected chi connectivity index (χ3v) is 4.46. The Morgan fingerprint density at radius 1 is 1.15 bits per heavy atom. The number of nitrogens with zero attached hydrogens (tertiary/aromatic N) is 2. The Morgan fingerprint density at radius 2 is 1.90 bits per heavy atom. The summed E-state index contributed by atoms with van der Waals surface area (Å²) in [6.07, 6.45) is 6.12. The molecule has 3 nitrogen and oxygen atoms in total. The van der Waals surface area contributed by atoms with E-state index in [2.05, 4.69) is 33.0 Å². The second-order valence-electron chi connectivity index (χ2n) is 7.61. The maximum absolute atomic E-state index is 4.85. The highest BCUT2D eigenvalue weighted by Crippen LogP contribution is 2.39. The van der Waals surface area contributed by atoms with Crippen molar-refractivity contribution in [3.63, 3.8) is 0 Å². The highest BCUT2D eigenvalue weighted by Gasteiger charge is 2.30. The van der Waals surface area contributed by atoms with E-state index in [-0.39, 0.29) is 5.54 Å². The summed E-state index contributed by atoms with van der Waals surface area (Å²) in [6.45, 7) is 9.98. The Balaban J connectivity index is 1.71. The highest BCUT2D eigenvalue weighted by atomic mass is 15.0. The Morgan fingerprint density at radius 3 is 2.55 bits per heavy atom. The van der Waals surface area contributed by atoms with Crippen LogP contribution in [0.4, 0.5) is 0 Å². The van der Waals surface area contributed by atoms with E-state index in [1.165, 1.54) is 36.2 Å². The predicted molar refractivity (Wildman–Crippen MR) is 82.0 cm³/mol. The monoisotopic (exact) mass is 273 g/mol. The number of rotatable bonds is 3. The minimum Gasteiger partial charge on any atom is -0.312 e. The molecule has 1 heterocycles. The summed E-state index contributed by atoms with van der Waals surface area (Å²) in [6, 6.07) is 0. The lowest BCUT2D eigenvalue weighted by Crippen LogP contribution is -2.40. The van der Waals surface area contributed by atoms with Gasteiger partial charge in [0.2, 0.25) is 0 Å². The quantitative estimate of drug-likeness (QED) is 0.919. The van der Waals surface area contributed by atoms with Gasteiger partial charge in [-0.25, -0.2) is 9.97 Å². The van der Waals surface area contributed by atoms with Crippen molar-refractivity contribution in [3.8, 4) is 0 Å². The van der Waals surface area contributed by atoms with Crippen molar-refractivity contribution in [2.75, 3.05) is 6.54 Å². The number of hydrogen-bond acceptors (Lipinski definition) is 3. The van der Waals surface area contributed by atoms with Gasteiger partial charge < -0.3 is 5.32 Å². The Bertz CT molecular complexity index is 498. The summed E-state index contributed by atoms with van der Waals surface area (Å²) in [5, 5.41) is 3.64. The van der Waals surface area contributed by atoms with E-state index in [4.69, 9.17) is 9.97 Å². The maximum Gasteiger partial charge on any atom is 0.131 e. The van der Waals surface area contributed by atoms with E-state index in [0.717, 1.165) is 31.1 Å². The zero-order valence-electron chi connectivity index (χ0n) is 13.3. The van der Waals surface area contributed by atoms with Crippen LogP contribution in [0.3, 0.4) is 0 Å². The molecule has 3 heteroatoms. The van der Waals surface area contributed by atoms with Crippen LogP contribution >= 0.6 is 0 Å². The topological polar surface area (TPSA) is 37.8 Å². The molecule has 2 aliphatic rings. The molecule has 0 saturated heterocycles. The van der Waals surface area contributed by atoms with Gasteiger partial charge in [-0.15, -0.1) is 0 Å². The summed E-state index contributed by atoms with van der Waals surface area (Å²) in [7, 11) is 0. The zero-order chi connectivity index (χ0) is 14.3. The number of aromatic nitrogens is 2. The van der Waals surface area contributed by atoms with Crippen LogP contribution in [-0.4, -0.2) is 22.1 Å². The van der Waals surface area contributed by atoms with Crippen molar-refractivity contribution in [2.45, 2.75) is 71.3 Å². The van der Waals surface area contributed by atoms with Crippen molar-refractivity contribution in [1.82, 2.24) is 15.3 Å². The third kappa shape index (κ3) is 3.20. The van der Waals surface area contributed by atoms with Crippen LogP contribution in [0.15, 0.2) is 0 Å². The second kappa shape index (κ2) is 5.10. The Labute approximate surface area is 122 Å². The molecule has 0 amide bonds. The lowest BCUT2D eigenvalue weighted by Gasteiger charge is -2.29. The van der Waals surface area contributed by atoms with Gasteiger partial charge in [0.15, 0.2) is 0 Å². The molecule has 1 saturated carbocycles. The van der Waals surface area contributed by atoms with Gasteiger partial charge in [0.25, 0.3) is 0 Å². The minimum atomic E-state index is 0.210. The van der Waals surface area contributed by atoms with Gasteiger partial charge in [-0.2, -0.15) is 0 Å². The Kier molecular flexibility index (Phi) is 3.57. The molecule has 0 aliphatic heterocycles. The zero-order valence-corrected chi connectivity index (χ0v) is 13.3. The Hall–Kier alpha value is -0.960. The highest BCUT2D eigenvalue weighted by molar-refractivity contribution is 5.29. The molecule has 1 fully saturated rings. The second-order valence-corrected chi connectivity index (χ2v) is 7.61. The van der Waals surface area contributed by atoms with E-state index in [1.807, 2.05) is 0 Å². The third-order valence-electron chi connectivity index (χ3n) is 4.46. The van der Waals surface area contributed by atoms with Crippen LogP contribution in [0.25, 0.3) is 0 Å². The molecule has 1 atom stereocenters. The van der Waals surface area contributed by atoms with Crippen LogP contribution in [0.2, 0.25) is 0 Å². The SMILES string of the molecule is Cc1nc(C2CC2)nc2c1CC(CNC(C)(C)C)CC2. The standard InChI is InChI=1S/C17H27N3/c1-11-14-9-12(10-18-17(2,3)4)5-8-15(14)20-16(19-11)13-6-7-13/h12-13,18H,5-10H2,1-4H3. The van der Waals surface area contributed by atoms with Crippen molar-refractivity contribution in [3.05, 3.63) is 22.8 Å². The molecule has 110 valence electrons. The molecule has 0 bridgehead atoms. The molecule has 1 N–H and O–H groups in total. The van der Waals surface area contributed by atoms with Crippen LogP contribution in [0.1, 0.15) is 68.7 Å². The summed E-state index contributed by atoms with van der Waals surface area (Å²) >= 11 is 0. The summed E-state index contributed by atoms with van der Waals surface area (Å²) in [5.74, 6) is 2.52. The first-order valence-corrected chi connectivity index (χ1v) is 8.04. The van der Waals surface area contributed by atoms with Crippen LogP contribution in [0, 0.1) is 12.8 Å². The summed E-state index contributed by atoms with van der Waals surface area (Å²) in [5.41, 5.74) is 4.21. The first-order valence-electron chi connectivity index (χ1n) is 8.04. The van der Waals surface area contributed by atoms with E-state index >= 15 is 0 Å². The van der Waals surface area contributed by atoms with Crippen molar-refractivity contribution in [2.24, 2.45) is 5.92 Å². The first kappa shape index (κ1) is 14.0. The smallest absolute Gasteiger partial charge is 0.131 e. The molecule has 1 unspecified atom stereocenters. The predicted octanol–water partition coefficient (Wildman–Crippen LogP) is 3.16. The molecular weight excluding hydrogens is 246 g/mol. The van der Waals surface area contributed by atoms with Crippen molar-refractivity contribution in [1.29, 1.82) is 0 Å². The molecule has 1 aromatic rings. The average molecular weight is 273 g/mol. The van der Waals surface area contributed by atoms with Gasteiger partial charge in [-0.05, 0) is 77.8 Å². The summed E-state index contributed by atoms with van der Waals surface area (Å²) < 4.78 is 0. The van der Waals surface area contributed by atoms with Crippen LogP contribution in [-0.2, 0) is 12.8 Å². The molecular formula is C17H27N3. The maximum atomic E-state index is 4.85. The lowest BCUT2D eigenvalue weighted by molar-refractivity contribution is 0.346. The lowest BCUT2D eigenvalue weighted by atomic mass is 9.85. The largest absolute Gasteiger partial charge is 0.312 e. The van der Waals surface area contributed by atoms with E-state index in [0.29, 0.717) is 5.92 Å². The molecule has 0 aromatic carbocycles.